The molecule has 0 unspecified atom stereocenters. The van der Waals surface area contributed by atoms with E-state index in [2.05, 4.69) is 16.8 Å². The fourth-order valence-corrected chi connectivity index (χ4v) is 4.34. The number of piperazine rings is 1. The number of aromatic nitrogens is 1. The number of hydrogen-bond acceptors (Lipinski definition) is 5. The Kier molecular flexibility index (Phi) is 6.44. The average Bonchev–Trinajstić information content (AvgIpc) is 3.02. The Hall–Kier alpha value is -1.99. The van der Waals surface area contributed by atoms with Gasteiger partial charge in [0.15, 0.2) is 0 Å². The van der Waals surface area contributed by atoms with E-state index in [9.17, 15) is 9.00 Å². The van der Waals surface area contributed by atoms with Crippen LogP contribution in [-0.4, -0.2) is 63.4 Å². The molecule has 1 amide bonds. The summed E-state index contributed by atoms with van der Waals surface area (Å²) in [5.41, 5.74) is 2.69. The van der Waals surface area contributed by atoms with Crippen LogP contribution in [0.3, 0.4) is 0 Å². The van der Waals surface area contributed by atoms with Crippen molar-refractivity contribution in [2.45, 2.75) is 26.5 Å². The van der Waals surface area contributed by atoms with Crippen LogP contribution in [0.15, 0.2) is 28.7 Å². The van der Waals surface area contributed by atoms with Crippen LogP contribution in [0, 0.1) is 13.8 Å². The number of nitrogens with zero attached hydrogens (tertiary/aromatic N) is 3. The van der Waals surface area contributed by atoms with Crippen molar-refractivity contribution in [1.29, 1.82) is 0 Å². The molecule has 1 aromatic carbocycles. The Labute approximate surface area is 163 Å². The lowest BCUT2D eigenvalue weighted by molar-refractivity contribution is -0.130. The van der Waals surface area contributed by atoms with E-state index in [0.29, 0.717) is 30.4 Å². The second kappa shape index (κ2) is 8.80. The van der Waals surface area contributed by atoms with Gasteiger partial charge < -0.3 is 14.2 Å². The van der Waals surface area contributed by atoms with E-state index in [4.69, 9.17) is 4.42 Å². The molecule has 1 aliphatic heterocycles. The SMILES string of the molecule is CCN1CCN(C(=O)C[S@](=O)Cc2nc(-c3cccc(C)c3)oc2C)CC1. The molecule has 3 rings (SSSR count). The van der Waals surface area contributed by atoms with Crippen molar-refractivity contribution in [3.63, 3.8) is 0 Å². The zero-order valence-corrected chi connectivity index (χ0v) is 17.1. The molecule has 1 fully saturated rings. The predicted molar refractivity (Wildman–Crippen MR) is 107 cm³/mol. The number of carbonyl (C=O) groups excluding carboxylic acids is 1. The smallest absolute Gasteiger partial charge is 0.235 e. The van der Waals surface area contributed by atoms with Crippen LogP contribution in [0.4, 0.5) is 0 Å². The Bertz CT molecular complexity index is 826. The Morgan fingerprint density at radius 1 is 1.22 bits per heavy atom. The lowest BCUT2D eigenvalue weighted by Crippen LogP contribution is -2.49. The van der Waals surface area contributed by atoms with Crippen LogP contribution in [-0.2, 0) is 21.3 Å². The highest BCUT2D eigenvalue weighted by Crippen LogP contribution is 2.23. The van der Waals surface area contributed by atoms with E-state index in [1.807, 2.05) is 43.0 Å². The maximum atomic E-state index is 12.5. The van der Waals surface area contributed by atoms with Gasteiger partial charge in [-0.2, -0.15) is 0 Å². The minimum absolute atomic E-state index is 0.0378. The number of oxazole rings is 1. The van der Waals surface area contributed by atoms with Gasteiger partial charge in [0.25, 0.3) is 0 Å². The molecular weight excluding hydrogens is 362 g/mol. The fraction of sp³-hybridized carbons (Fsp3) is 0.500. The molecule has 2 aromatic rings. The first-order chi connectivity index (χ1) is 13.0. The minimum atomic E-state index is -1.30. The van der Waals surface area contributed by atoms with E-state index >= 15 is 0 Å². The molecule has 7 heteroatoms. The molecular formula is C20H27N3O3S. The lowest BCUT2D eigenvalue weighted by Gasteiger charge is -2.34. The number of carbonyl (C=O) groups is 1. The Morgan fingerprint density at radius 3 is 2.63 bits per heavy atom. The van der Waals surface area contributed by atoms with E-state index in [0.717, 1.165) is 30.8 Å². The minimum Gasteiger partial charge on any atom is -0.441 e. The van der Waals surface area contributed by atoms with Gasteiger partial charge in [-0.3, -0.25) is 9.00 Å². The summed E-state index contributed by atoms with van der Waals surface area (Å²) < 4.78 is 18.3. The fourth-order valence-electron chi connectivity index (χ4n) is 3.21. The molecule has 0 saturated carbocycles. The zero-order chi connectivity index (χ0) is 19.4. The standard InChI is InChI=1S/C20H27N3O3S/c1-4-22-8-10-23(11-9-22)19(24)14-27(25)13-18-16(3)26-20(21-18)17-7-5-6-15(2)12-17/h5-7,12H,4,8-11,13-14H2,1-3H3/t27-/m1/s1. The summed E-state index contributed by atoms with van der Waals surface area (Å²) in [4.78, 5) is 21.1. The maximum absolute atomic E-state index is 12.5. The van der Waals surface area contributed by atoms with Crippen molar-refractivity contribution in [2.75, 3.05) is 38.5 Å². The van der Waals surface area contributed by atoms with Crippen molar-refractivity contribution < 1.29 is 13.4 Å². The predicted octanol–water partition coefficient (Wildman–Crippen LogP) is 2.37. The monoisotopic (exact) mass is 389 g/mol. The number of amides is 1. The van der Waals surface area contributed by atoms with Gasteiger partial charge in [0.1, 0.15) is 11.5 Å². The molecule has 27 heavy (non-hydrogen) atoms. The third-order valence-corrected chi connectivity index (χ3v) is 6.08. The third-order valence-electron chi connectivity index (χ3n) is 4.91. The zero-order valence-electron chi connectivity index (χ0n) is 16.2. The molecule has 1 aromatic heterocycles. The van der Waals surface area contributed by atoms with Gasteiger partial charge in [-0.15, -0.1) is 0 Å². The van der Waals surface area contributed by atoms with Gasteiger partial charge in [0, 0.05) is 42.5 Å². The molecule has 1 aliphatic rings. The first kappa shape index (κ1) is 19.8. The summed E-state index contributed by atoms with van der Waals surface area (Å²) in [5.74, 6) is 1.43. The van der Waals surface area contributed by atoms with Crippen molar-refractivity contribution in [1.82, 2.24) is 14.8 Å². The van der Waals surface area contributed by atoms with Crippen LogP contribution in [0.2, 0.25) is 0 Å². The molecule has 146 valence electrons. The highest BCUT2D eigenvalue weighted by Gasteiger charge is 2.22. The van der Waals surface area contributed by atoms with Gasteiger partial charge >= 0.3 is 0 Å². The molecule has 0 spiro atoms. The highest BCUT2D eigenvalue weighted by molar-refractivity contribution is 7.84. The number of aryl methyl sites for hydroxylation is 2. The molecule has 0 bridgehead atoms. The first-order valence-electron chi connectivity index (χ1n) is 9.34. The number of benzene rings is 1. The van der Waals surface area contributed by atoms with E-state index < -0.39 is 10.8 Å². The molecule has 0 aliphatic carbocycles. The van der Waals surface area contributed by atoms with E-state index in [1.54, 1.807) is 0 Å². The summed E-state index contributed by atoms with van der Waals surface area (Å²) >= 11 is 0. The van der Waals surface area contributed by atoms with Gasteiger partial charge in [0.05, 0.1) is 11.4 Å². The molecule has 0 radical (unpaired) electrons. The summed E-state index contributed by atoms with van der Waals surface area (Å²) in [7, 11) is -1.30. The van der Waals surface area contributed by atoms with Crippen LogP contribution in [0.25, 0.3) is 11.5 Å². The maximum Gasteiger partial charge on any atom is 0.235 e. The van der Waals surface area contributed by atoms with Gasteiger partial charge in [-0.1, -0.05) is 24.6 Å². The normalized spacial score (nSPS) is 16.5. The summed E-state index contributed by atoms with van der Waals surface area (Å²) in [6.45, 7) is 10.2. The van der Waals surface area contributed by atoms with Gasteiger partial charge in [0.2, 0.25) is 11.8 Å². The summed E-state index contributed by atoms with van der Waals surface area (Å²) in [6, 6.07) is 7.92. The van der Waals surface area contributed by atoms with E-state index in [-0.39, 0.29) is 17.4 Å². The van der Waals surface area contributed by atoms with Crippen molar-refractivity contribution in [3.8, 4) is 11.5 Å². The van der Waals surface area contributed by atoms with E-state index in [1.165, 1.54) is 0 Å². The molecule has 6 nitrogen and oxygen atoms in total. The van der Waals surface area contributed by atoms with Crippen molar-refractivity contribution in [2.24, 2.45) is 0 Å². The second-order valence-electron chi connectivity index (χ2n) is 6.93. The van der Waals surface area contributed by atoms with Crippen molar-refractivity contribution in [3.05, 3.63) is 41.3 Å². The van der Waals surface area contributed by atoms with Crippen molar-refractivity contribution >= 4 is 16.7 Å². The summed E-state index contributed by atoms with van der Waals surface area (Å²) in [6.07, 6.45) is 0. The molecule has 1 saturated heterocycles. The number of rotatable bonds is 6. The largest absolute Gasteiger partial charge is 0.441 e. The van der Waals surface area contributed by atoms with Crippen LogP contribution in [0.1, 0.15) is 23.9 Å². The Balaban J connectivity index is 1.59. The van der Waals surface area contributed by atoms with Gasteiger partial charge in [-0.05, 0) is 32.5 Å². The third kappa shape index (κ3) is 5.05. The average molecular weight is 390 g/mol. The quantitative estimate of drug-likeness (QED) is 0.759. The number of hydrogen-bond donors (Lipinski definition) is 0. The Morgan fingerprint density at radius 2 is 1.96 bits per heavy atom. The van der Waals surface area contributed by atoms with Crippen LogP contribution in [0.5, 0.6) is 0 Å². The van der Waals surface area contributed by atoms with Crippen LogP contribution < -0.4 is 0 Å². The topological polar surface area (TPSA) is 66.7 Å². The highest BCUT2D eigenvalue weighted by atomic mass is 32.2. The second-order valence-corrected chi connectivity index (χ2v) is 8.39. The molecule has 0 N–H and O–H groups in total. The van der Waals surface area contributed by atoms with Gasteiger partial charge in [-0.25, -0.2) is 4.98 Å². The molecule has 2 heterocycles. The first-order valence-corrected chi connectivity index (χ1v) is 10.8. The molecule has 1 atom stereocenters. The summed E-state index contributed by atoms with van der Waals surface area (Å²) in [5, 5.41) is 0. The van der Waals surface area contributed by atoms with Crippen LogP contribution >= 0.6 is 0 Å². The lowest BCUT2D eigenvalue weighted by atomic mass is 10.1. The number of likely N-dealkylation sites (N-methyl/N-ethyl adjacent to an activating group) is 1.